The fraction of sp³-hybridized carbons (Fsp3) is 0.333. The highest BCUT2D eigenvalue weighted by Gasteiger charge is 2.23. The standard InChI is InChI=1S/C24H28O6/c1-6-7-8-15-22(27-29-23(25)20-13-9-11-16(2)18(20)4)28-30-24(26)21-14-10-12-17(3)19(21)5/h9-14H,1,6-8,15H2,2-5H3. The SMILES string of the molecule is [CH2]CCCC[C](OOC(=O)c1cccc(C)c1C)OOC(=O)c1cccc(C)c1C. The van der Waals surface area contributed by atoms with Gasteiger partial charge in [0.15, 0.2) is 0 Å². The van der Waals surface area contributed by atoms with Crippen LogP contribution in [-0.4, -0.2) is 11.9 Å². The molecule has 0 aliphatic heterocycles. The molecule has 0 fully saturated rings. The van der Waals surface area contributed by atoms with Gasteiger partial charge in [0.1, 0.15) is 0 Å². The summed E-state index contributed by atoms with van der Waals surface area (Å²) < 4.78 is 0. The monoisotopic (exact) mass is 412 g/mol. The normalized spacial score (nSPS) is 10.9. The average Bonchev–Trinajstić information content (AvgIpc) is 2.73. The van der Waals surface area contributed by atoms with Crippen molar-refractivity contribution in [2.24, 2.45) is 0 Å². The van der Waals surface area contributed by atoms with E-state index in [1.165, 1.54) is 0 Å². The van der Waals surface area contributed by atoms with Crippen LogP contribution in [-0.2, 0) is 19.6 Å². The molecule has 0 spiro atoms. The molecule has 2 rings (SSSR count). The second-order valence-electron chi connectivity index (χ2n) is 7.09. The van der Waals surface area contributed by atoms with Crippen molar-refractivity contribution >= 4 is 11.9 Å². The van der Waals surface area contributed by atoms with Gasteiger partial charge >= 0.3 is 18.2 Å². The van der Waals surface area contributed by atoms with E-state index < -0.39 is 11.9 Å². The zero-order chi connectivity index (χ0) is 22.1. The summed E-state index contributed by atoms with van der Waals surface area (Å²) in [6, 6.07) is 10.6. The van der Waals surface area contributed by atoms with Gasteiger partial charge < -0.3 is 0 Å². The number of aryl methyl sites for hydroxylation is 2. The van der Waals surface area contributed by atoms with Crippen molar-refractivity contribution in [3.8, 4) is 0 Å². The van der Waals surface area contributed by atoms with E-state index in [0.717, 1.165) is 35.1 Å². The second-order valence-corrected chi connectivity index (χ2v) is 7.09. The highest BCUT2D eigenvalue weighted by Crippen LogP contribution is 2.21. The van der Waals surface area contributed by atoms with E-state index >= 15 is 0 Å². The molecule has 0 atom stereocenters. The molecule has 0 heterocycles. The number of rotatable bonds is 10. The first-order valence-electron chi connectivity index (χ1n) is 9.90. The number of carbonyl (C=O) groups is 2. The molecule has 0 unspecified atom stereocenters. The van der Waals surface area contributed by atoms with Gasteiger partial charge in [-0.25, -0.2) is 9.59 Å². The molecule has 6 nitrogen and oxygen atoms in total. The van der Waals surface area contributed by atoms with E-state index in [9.17, 15) is 9.59 Å². The van der Waals surface area contributed by atoms with Crippen LogP contribution in [0.25, 0.3) is 0 Å². The van der Waals surface area contributed by atoms with E-state index in [0.29, 0.717) is 17.5 Å². The van der Waals surface area contributed by atoms with Crippen LogP contribution < -0.4 is 0 Å². The maximum absolute atomic E-state index is 12.4. The molecule has 0 amide bonds. The van der Waals surface area contributed by atoms with Crippen molar-refractivity contribution in [2.45, 2.75) is 53.4 Å². The first-order chi connectivity index (χ1) is 14.3. The number of benzene rings is 2. The third-order valence-corrected chi connectivity index (χ3v) is 4.95. The Bertz CT molecular complexity index is 806. The summed E-state index contributed by atoms with van der Waals surface area (Å²) >= 11 is 0. The minimum atomic E-state index is -0.657. The minimum Gasteiger partial charge on any atom is -0.289 e. The highest BCUT2D eigenvalue weighted by molar-refractivity contribution is 5.91. The van der Waals surface area contributed by atoms with Crippen LogP contribution in [0.3, 0.4) is 0 Å². The Morgan fingerprint density at radius 1 is 0.733 bits per heavy atom. The second kappa shape index (κ2) is 11.5. The molecule has 0 N–H and O–H groups in total. The summed E-state index contributed by atoms with van der Waals surface area (Å²) in [5, 5.41) is 0. The lowest BCUT2D eigenvalue weighted by Crippen LogP contribution is -2.17. The van der Waals surface area contributed by atoms with Gasteiger partial charge in [-0.05, 0) is 68.5 Å². The Labute approximate surface area is 178 Å². The smallest absolute Gasteiger partial charge is 0.289 e. The predicted octanol–water partition coefficient (Wildman–Crippen LogP) is 5.68. The molecule has 30 heavy (non-hydrogen) atoms. The van der Waals surface area contributed by atoms with Crippen molar-refractivity contribution < 1.29 is 29.1 Å². The largest absolute Gasteiger partial charge is 0.373 e. The third kappa shape index (κ3) is 6.40. The maximum Gasteiger partial charge on any atom is 0.373 e. The molecular weight excluding hydrogens is 384 g/mol. The van der Waals surface area contributed by atoms with E-state index in [1.807, 2.05) is 39.8 Å². The summed E-state index contributed by atoms with van der Waals surface area (Å²) in [6.07, 6.45) is 2.39. The van der Waals surface area contributed by atoms with Crippen LogP contribution in [0.5, 0.6) is 0 Å². The van der Waals surface area contributed by atoms with Gasteiger partial charge in [-0.3, -0.25) is 9.78 Å². The van der Waals surface area contributed by atoms with Crippen LogP contribution >= 0.6 is 0 Å². The van der Waals surface area contributed by atoms with Crippen molar-refractivity contribution in [1.82, 2.24) is 0 Å². The Hall–Kier alpha value is -2.70. The Morgan fingerprint density at radius 2 is 1.20 bits per heavy atom. The van der Waals surface area contributed by atoms with Crippen LogP contribution in [0.2, 0.25) is 0 Å². The molecule has 2 radical (unpaired) electrons. The van der Waals surface area contributed by atoms with Crippen molar-refractivity contribution in [1.29, 1.82) is 0 Å². The molecule has 0 bridgehead atoms. The van der Waals surface area contributed by atoms with Gasteiger partial charge in [-0.2, -0.15) is 0 Å². The van der Waals surface area contributed by atoms with Crippen LogP contribution in [0, 0.1) is 40.9 Å². The van der Waals surface area contributed by atoms with Gasteiger partial charge in [-0.1, -0.05) is 44.0 Å². The molecule has 0 aliphatic carbocycles. The van der Waals surface area contributed by atoms with E-state index in [1.54, 1.807) is 24.3 Å². The Morgan fingerprint density at radius 3 is 1.63 bits per heavy atom. The number of hydrogen-bond acceptors (Lipinski definition) is 6. The minimum absolute atomic E-state index is 0.110. The van der Waals surface area contributed by atoms with E-state index in [-0.39, 0.29) is 12.7 Å². The lowest BCUT2D eigenvalue weighted by Gasteiger charge is -2.15. The number of carbonyl (C=O) groups excluding carboxylic acids is 2. The van der Waals surface area contributed by atoms with Gasteiger partial charge in [-0.15, -0.1) is 9.78 Å². The van der Waals surface area contributed by atoms with Crippen molar-refractivity contribution in [3.05, 3.63) is 83.0 Å². The van der Waals surface area contributed by atoms with Gasteiger partial charge in [0.2, 0.25) is 0 Å². The molecule has 0 aromatic heterocycles. The average molecular weight is 412 g/mol. The number of unbranched alkanes of at least 4 members (excludes halogenated alkanes) is 2. The number of hydrogen-bond donors (Lipinski definition) is 0. The molecule has 0 saturated heterocycles. The first kappa shape index (κ1) is 23.6. The molecule has 160 valence electrons. The quantitative estimate of drug-likeness (QED) is 0.284. The van der Waals surface area contributed by atoms with Crippen molar-refractivity contribution in [2.75, 3.05) is 0 Å². The topological polar surface area (TPSA) is 71.1 Å². The summed E-state index contributed by atoms with van der Waals surface area (Å²) in [4.78, 5) is 44.8. The van der Waals surface area contributed by atoms with Gasteiger partial charge in [0.25, 0.3) is 0 Å². The van der Waals surface area contributed by atoms with E-state index in [4.69, 9.17) is 19.6 Å². The molecule has 0 saturated carbocycles. The predicted molar refractivity (Wildman–Crippen MR) is 112 cm³/mol. The first-order valence-corrected chi connectivity index (χ1v) is 9.90. The van der Waals surface area contributed by atoms with Crippen LogP contribution in [0.1, 0.15) is 68.7 Å². The zero-order valence-corrected chi connectivity index (χ0v) is 17.9. The fourth-order valence-electron chi connectivity index (χ4n) is 2.75. The Balaban J connectivity index is 1.99. The molecule has 2 aromatic carbocycles. The zero-order valence-electron chi connectivity index (χ0n) is 17.9. The lowest BCUT2D eigenvalue weighted by molar-refractivity contribution is -0.364. The third-order valence-electron chi connectivity index (χ3n) is 4.95. The summed E-state index contributed by atoms with van der Waals surface area (Å²) in [5.74, 6) is -1.31. The molecule has 2 aromatic rings. The van der Waals surface area contributed by atoms with E-state index in [2.05, 4.69) is 6.92 Å². The fourth-order valence-corrected chi connectivity index (χ4v) is 2.75. The van der Waals surface area contributed by atoms with Gasteiger partial charge in [0.05, 0.1) is 11.1 Å². The van der Waals surface area contributed by atoms with Crippen molar-refractivity contribution in [3.63, 3.8) is 0 Å². The molecule has 6 heteroatoms. The lowest BCUT2D eigenvalue weighted by atomic mass is 10.0. The molecular formula is C24H28O6. The Kier molecular flexibility index (Phi) is 9.02. The van der Waals surface area contributed by atoms with Crippen LogP contribution in [0.15, 0.2) is 36.4 Å². The summed E-state index contributed by atoms with van der Waals surface area (Å²) in [5.41, 5.74) is 4.29. The maximum atomic E-state index is 12.4. The van der Waals surface area contributed by atoms with Gasteiger partial charge in [0, 0.05) is 6.42 Å². The molecule has 0 aliphatic rings. The summed E-state index contributed by atoms with van der Waals surface area (Å²) in [6.45, 7) is 11.2. The highest BCUT2D eigenvalue weighted by atomic mass is 17.3. The van der Waals surface area contributed by atoms with Crippen LogP contribution in [0.4, 0.5) is 0 Å². The summed E-state index contributed by atoms with van der Waals surface area (Å²) in [7, 11) is 0.